The second-order valence-corrected chi connectivity index (χ2v) is 7.52. The third kappa shape index (κ3) is 2.58. The van der Waals surface area contributed by atoms with Gasteiger partial charge in [-0.2, -0.15) is 5.10 Å². The molecule has 0 saturated carbocycles. The third-order valence-electron chi connectivity index (χ3n) is 5.49. The molecule has 0 aromatic carbocycles. The molecule has 1 N–H and O–H groups in total. The number of aryl methyl sites for hydroxylation is 3. The lowest BCUT2D eigenvalue weighted by Crippen LogP contribution is -2.50. The van der Waals surface area contributed by atoms with Crippen molar-refractivity contribution in [3.05, 3.63) is 45.8 Å². The standard InChI is InChI=1S/C19H22N6O/c1-12-6-16-18(22-12)19(21-11-20-16)24-8-13(9-24)10-25-17(26)7-14-4-2-3-5-15(14)23-25/h6-7,11,13,22H,2-5,8-10H2,1H3. The predicted octanol–water partition coefficient (Wildman–Crippen LogP) is 1.84. The van der Waals surface area contributed by atoms with E-state index in [-0.39, 0.29) is 5.56 Å². The van der Waals surface area contributed by atoms with Gasteiger partial charge in [0.05, 0.1) is 17.8 Å². The fraction of sp³-hybridized carbons (Fsp3) is 0.474. The number of nitrogens with one attached hydrogen (secondary N) is 1. The van der Waals surface area contributed by atoms with E-state index in [0.717, 1.165) is 59.7 Å². The van der Waals surface area contributed by atoms with Crippen molar-refractivity contribution < 1.29 is 0 Å². The van der Waals surface area contributed by atoms with E-state index in [9.17, 15) is 4.79 Å². The zero-order valence-corrected chi connectivity index (χ0v) is 14.9. The van der Waals surface area contributed by atoms with Crippen molar-refractivity contribution in [3.63, 3.8) is 0 Å². The van der Waals surface area contributed by atoms with Crippen molar-refractivity contribution in [2.45, 2.75) is 39.2 Å². The highest BCUT2D eigenvalue weighted by Gasteiger charge is 2.30. The smallest absolute Gasteiger partial charge is 0.267 e. The molecule has 5 rings (SSSR count). The number of H-pyrrole nitrogens is 1. The fourth-order valence-corrected chi connectivity index (χ4v) is 4.13. The van der Waals surface area contributed by atoms with Crippen molar-refractivity contribution in [2.75, 3.05) is 18.0 Å². The van der Waals surface area contributed by atoms with E-state index in [1.807, 2.05) is 13.0 Å². The van der Waals surface area contributed by atoms with Gasteiger partial charge in [-0.3, -0.25) is 4.79 Å². The predicted molar refractivity (Wildman–Crippen MR) is 99.5 cm³/mol. The number of anilines is 1. The summed E-state index contributed by atoms with van der Waals surface area (Å²) < 4.78 is 1.67. The van der Waals surface area contributed by atoms with E-state index >= 15 is 0 Å². The first-order valence-corrected chi connectivity index (χ1v) is 9.32. The molecule has 3 aromatic heterocycles. The van der Waals surface area contributed by atoms with Crippen LogP contribution in [0.2, 0.25) is 0 Å². The second kappa shape index (κ2) is 5.93. The minimum absolute atomic E-state index is 0.0357. The summed E-state index contributed by atoms with van der Waals surface area (Å²) in [5.41, 5.74) is 5.33. The summed E-state index contributed by atoms with van der Waals surface area (Å²) in [7, 11) is 0. The minimum atomic E-state index is 0.0357. The van der Waals surface area contributed by atoms with Crippen LogP contribution in [0.25, 0.3) is 11.0 Å². The number of nitrogens with zero attached hydrogens (tertiary/aromatic N) is 5. The van der Waals surface area contributed by atoms with Gasteiger partial charge in [0.25, 0.3) is 5.56 Å². The Balaban J connectivity index is 1.32. The molecule has 1 aliphatic carbocycles. The quantitative estimate of drug-likeness (QED) is 0.780. The van der Waals surface area contributed by atoms with Crippen LogP contribution in [0.3, 0.4) is 0 Å². The lowest BCUT2D eigenvalue weighted by atomic mass is 9.96. The van der Waals surface area contributed by atoms with Crippen molar-refractivity contribution in [1.82, 2.24) is 24.7 Å². The van der Waals surface area contributed by atoms with E-state index < -0.39 is 0 Å². The Morgan fingerprint density at radius 1 is 1.19 bits per heavy atom. The molecule has 3 aromatic rings. The van der Waals surface area contributed by atoms with Crippen LogP contribution in [0.5, 0.6) is 0 Å². The second-order valence-electron chi connectivity index (χ2n) is 7.52. The zero-order valence-electron chi connectivity index (χ0n) is 14.9. The minimum Gasteiger partial charge on any atom is -0.354 e. The molecule has 0 radical (unpaired) electrons. The molecule has 0 amide bonds. The number of hydrogen-bond acceptors (Lipinski definition) is 5. The van der Waals surface area contributed by atoms with Crippen LogP contribution in [0, 0.1) is 12.8 Å². The third-order valence-corrected chi connectivity index (χ3v) is 5.49. The van der Waals surface area contributed by atoms with Crippen molar-refractivity contribution in [3.8, 4) is 0 Å². The molecule has 7 nitrogen and oxygen atoms in total. The van der Waals surface area contributed by atoms with Gasteiger partial charge in [0.1, 0.15) is 11.8 Å². The Labute approximate surface area is 151 Å². The van der Waals surface area contributed by atoms with Gasteiger partial charge in [0, 0.05) is 30.8 Å². The van der Waals surface area contributed by atoms with Crippen LogP contribution < -0.4 is 10.5 Å². The molecule has 134 valence electrons. The molecule has 4 heterocycles. The molecule has 26 heavy (non-hydrogen) atoms. The van der Waals surface area contributed by atoms with Gasteiger partial charge in [0.2, 0.25) is 0 Å². The van der Waals surface area contributed by atoms with Gasteiger partial charge in [-0.05, 0) is 44.2 Å². The summed E-state index contributed by atoms with van der Waals surface area (Å²) in [5.74, 6) is 1.37. The Kier molecular flexibility index (Phi) is 3.55. The van der Waals surface area contributed by atoms with Crippen molar-refractivity contribution >= 4 is 16.9 Å². The molecule has 0 spiro atoms. The summed E-state index contributed by atoms with van der Waals surface area (Å²) in [6, 6.07) is 3.84. The molecule has 0 atom stereocenters. The van der Waals surface area contributed by atoms with Crippen molar-refractivity contribution in [2.24, 2.45) is 5.92 Å². The molecule has 1 aliphatic heterocycles. The van der Waals surface area contributed by atoms with Gasteiger partial charge >= 0.3 is 0 Å². The number of aromatic nitrogens is 5. The number of hydrogen-bond donors (Lipinski definition) is 1. The number of fused-ring (bicyclic) bond motifs is 2. The monoisotopic (exact) mass is 350 g/mol. The SMILES string of the molecule is Cc1cc2ncnc(N3CC(Cn4nc5c(cc4=O)CCCC5)C3)c2[nH]1. The van der Waals surface area contributed by atoms with Gasteiger partial charge in [-0.15, -0.1) is 0 Å². The highest BCUT2D eigenvalue weighted by atomic mass is 16.1. The first-order valence-electron chi connectivity index (χ1n) is 9.32. The summed E-state index contributed by atoms with van der Waals surface area (Å²) in [4.78, 5) is 26.7. The molecule has 0 bridgehead atoms. The van der Waals surface area contributed by atoms with Crippen LogP contribution in [-0.2, 0) is 19.4 Å². The van der Waals surface area contributed by atoms with Gasteiger partial charge in [-0.1, -0.05) is 0 Å². The normalized spacial score (nSPS) is 17.3. The van der Waals surface area contributed by atoms with E-state index in [2.05, 4.69) is 25.0 Å². The van der Waals surface area contributed by atoms with E-state index in [1.165, 1.54) is 12.8 Å². The first kappa shape index (κ1) is 15.5. The lowest BCUT2D eigenvalue weighted by Gasteiger charge is -2.40. The number of rotatable bonds is 3. The largest absolute Gasteiger partial charge is 0.354 e. The lowest BCUT2D eigenvalue weighted by molar-refractivity contribution is 0.330. The molecule has 7 heteroatoms. The van der Waals surface area contributed by atoms with E-state index in [1.54, 1.807) is 17.1 Å². The van der Waals surface area contributed by atoms with E-state index in [4.69, 9.17) is 0 Å². The molecule has 2 aliphatic rings. The fourth-order valence-electron chi connectivity index (χ4n) is 4.13. The number of aromatic amines is 1. The summed E-state index contributed by atoms with van der Waals surface area (Å²) in [6.45, 7) is 4.48. The highest BCUT2D eigenvalue weighted by Crippen LogP contribution is 2.29. The Bertz CT molecular complexity index is 1030. The molecular weight excluding hydrogens is 328 g/mol. The topological polar surface area (TPSA) is 79.7 Å². The van der Waals surface area contributed by atoms with Crippen LogP contribution in [0.15, 0.2) is 23.3 Å². The van der Waals surface area contributed by atoms with Gasteiger partial charge < -0.3 is 9.88 Å². The summed E-state index contributed by atoms with van der Waals surface area (Å²) in [6.07, 6.45) is 5.95. The molecule has 1 fully saturated rings. The zero-order chi connectivity index (χ0) is 17.7. The van der Waals surface area contributed by atoms with E-state index in [0.29, 0.717) is 12.5 Å². The van der Waals surface area contributed by atoms with Crippen molar-refractivity contribution in [1.29, 1.82) is 0 Å². The molecule has 0 unspecified atom stereocenters. The average Bonchev–Trinajstić information content (AvgIpc) is 2.98. The molecular formula is C19H22N6O. The maximum absolute atomic E-state index is 12.4. The average molecular weight is 350 g/mol. The summed E-state index contributed by atoms with van der Waals surface area (Å²) >= 11 is 0. The van der Waals surface area contributed by atoms with Gasteiger partial charge in [-0.25, -0.2) is 14.6 Å². The van der Waals surface area contributed by atoms with Gasteiger partial charge in [0.15, 0.2) is 5.82 Å². The van der Waals surface area contributed by atoms with Crippen LogP contribution >= 0.6 is 0 Å². The Morgan fingerprint density at radius 2 is 2.04 bits per heavy atom. The highest BCUT2D eigenvalue weighted by molar-refractivity contribution is 5.87. The maximum Gasteiger partial charge on any atom is 0.267 e. The van der Waals surface area contributed by atoms with Crippen LogP contribution in [0.1, 0.15) is 29.8 Å². The van der Waals surface area contributed by atoms with Crippen LogP contribution in [0.4, 0.5) is 5.82 Å². The molecule has 1 saturated heterocycles. The maximum atomic E-state index is 12.4. The Morgan fingerprint density at radius 3 is 2.92 bits per heavy atom. The first-order chi connectivity index (χ1) is 12.7. The van der Waals surface area contributed by atoms with Crippen LogP contribution in [-0.4, -0.2) is 37.8 Å². The Hall–Kier alpha value is -2.70. The summed E-state index contributed by atoms with van der Waals surface area (Å²) in [5, 5.41) is 4.64.